The van der Waals surface area contributed by atoms with Gasteiger partial charge in [-0.1, -0.05) is 6.07 Å². The maximum atomic E-state index is 12.2. The summed E-state index contributed by atoms with van der Waals surface area (Å²) in [7, 11) is 1.53. The number of carboxylic acids is 1. The van der Waals surface area contributed by atoms with Crippen LogP contribution in [-0.4, -0.2) is 43.1 Å². The molecule has 1 atom stereocenters. The lowest BCUT2D eigenvalue weighted by Crippen LogP contribution is -2.34. The van der Waals surface area contributed by atoms with Crippen LogP contribution in [0.4, 0.5) is 5.69 Å². The van der Waals surface area contributed by atoms with E-state index in [2.05, 4.69) is 5.32 Å². The highest BCUT2D eigenvalue weighted by molar-refractivity contribution is 6.01. The lowest BCUT2D eigenvalue weighted by Gasteiger charge is -2.20. The molecular formula is C16H20N2O5. The molecule has 1 heterocycles. The molecule has 0 aliphatic carbocycles. The number of benzene rings is 1. The molecule has 0 aromatic heterocycles. The van der Waals surface area contributed by atoms with Crippen molar-refractivity contribution in [1.82, 2.24) is 5.32 Å². The van der Waals surface area contributed by atoms with Crippen molar-refractivity contribution in [3.05, 3.63) is 23.8 Å². The maximum absolute atomic E-state index is 12.2. The number of hydrogen-bond acceptors (Lipinski definition) is 4. The van der Waals surface area contributed by atoms with E-state index < -0.39 is 11.9 Å². The molecule has 0 saturated carbocycles. The van der Waals surface area contributed by atoms with E-state index in [4.69, 9.17) is 9.84 Å². The first kappa shape index (κ1) is 16.8. The predicted molar refractivity (Wildman–Crippen MR) is 83.5 cm³/mol. The van der Waals surface area contributed by atoms with Gasteiger partial charge in [-0.3, -0.25) is 14.4 Å². The van der Waals surface area contributed by atoms with Crippen LogP contribution in [0.2, 0.25) is 0 Å². The molecule has 2 N–H and O–H groups in total. The van der Waals surface area contributed by atoms with Crippen molar-refractivity contribution in [2.75, 3.05) is 25.1 Å². The smallest absolute Gasteiger partial charge is 0.305 e. The number of anilines is 1. The number of carbonyl (C=O) groups is 3. The van der Waals surface area contributed by atoms with E-state index in [0.29, 0.717) is 11.4 Å². The molecule has 1 aliphatic rings. The van der Waals surface area contributed by atoms with Crippen LogP contribution < -0.4 is 15.0 Å². The van der Waals surface area contributed by atoms with Gasteiger partial charge in [0.1, 0.15) is 5.75 Å². The molecule has 0 bridgehead atoms. The number of aryl methyl sites for hydroxylation is 1. The fourth-order valence-corrected chi connectivity index (χ4v) is 2.56. The van der Waals surface area contributed by atoms with E-state index in [1.54, 1.807) is 11.0 Å². The second-order valence-electron chi connectivity index (χ2n) is 5.52. The Balaban J connectivity index is 2.07. The summed E-state index contributed by atoms with van der Waals surface area (Å²) in [6.45, 7) is 2.24. The summed E-state index contributed by atoms with van der Waals surface area (Å²) in [6.07, 6.45) is -0.0299. The largest absolute Gasteiger partial charge is 0.495 e. The van der Waals surface area contributed by atoms with Crippen molar-refractivity contribution < 1.29 is 24.2 Å². The highest BCUT2D eigenvalue weighted by Gasteiger charge is 2.36. The van der Waals surface area contributed by atoms with Crippen molar-refractivity contribution in [2.24, 2.45) is 5.92 Å². The lowest BCUT2D eigenvalue weighted by molar-refractivity contribution is -0.137. The number of nitrogens with zero attached hydrogens (tertiary/aromatic N) is 1. The Morgan fingerprint density at radius 1 is 1.43 bits per heavy atom. The molecule has 124 valence electrons. The van der Waals surface area contributed by atoms with Crippen LogP contribution in [0, 0.1) is 12.8 Å². The summed E-state index contributed by atoms with van der Waals surface area (Å²) >= 11 is 0. The van der Waals surface area contributed by atoms with Gasteiger partial charge in [0, 0.05) is 19.5 Å². The quantitative estimate of drug-likeness (QED) is 0.813. The van der Waals surface area contributed by atoms with Gasteiger partial charge in [-0.05, 0) is 24.6 Å². The van der Waals surface area contributed by atoms with Gasteiger partial charge < -0.3 is 20.1 Å². The molecule has 0 radical (unpaired) electrons. The summed E-state index contributed by atoms with van der Waals surface area (Å²) in [4.78, 5) is 36.3. The van der Waals surface area contributed by atoms with E-state index >= 15 is 0 Å². The third-order valence-electron chi connectivity index (χ3n) is 3.76. The Kier molecular flexibility index (Phi) is 5.20. The van der Waals surface area contributed by atoms with Crippen LogP contribution in [0.25, 0.3) is 0 Å². The van der Waals surface area contributed by atoms with Gasteiger partial charge in [-0.15, -0.1) is 0 Å². The standard InChI is InChI=1S/C16H20N2O5/c1-10-3-4-13(23-2)12(7-10)18-9-11(8-14(18)19)16(22)17-6-5-15(20)21/h3-4,7,11H,5-6,8-9H2,1-2H3,(H,17,22)(H,20,21). The van der Waals surface area contributed by atoms with Crippen molar-refractivity contribution in [2.45, 2.75) is 19.8 Å². The van der Waals surface area contributed by atoms with Gasteiger partial charge in [0.15, 0.2) is 0 Å². The van der Waals surface area contributed by atoms with Crippen LogP contribution in [0.5, 0.6) is 5.75 Å². The molecular weight excluding hydrogens is 300 g/mol. The SMILES string of the molecule is COc1ccc(C)cc1N1CC(C(=O)NCCC(=O)O)CC1=O. The average molecular weight is 320 g/mol. The number of rotatable bonds is 6. The molecule has 1 aromatic rings. The van der Waals surface area contributed by atoms with E-state index in [-0.39, 0.29) is 37.7 Å². The number of aliphatic carboxylic acids is 1. The van der Waals surface area contributed by atoms with Crippen LogP contribution in [0.15, 0.2) is 18.2 Å². The van der Waals surface area contributed by atoms with Gasteiger partial charge in [0.25, 0.3) is 0 Å². The van der Waals surface area contributed by atoms with E-state index in [9.17, 15) is 14.4 Å². The Bertz CT molecular complexity index is 629. The fourth-order valence-electron chi connectivity index (χ4n) is 2.56. The zero-order valence-corrected chi connectivity index (χ0v) is 13.2. The first-order valence-corrected chi connectivity index (χ1v) is 7.37. The van der Waals surface area contributed by atoms with Crippen molar-refractivity contribution in [3.63, 3.8) is 0 Å². The van der Waals surface area contributed by atoms with Crippen LogP contribution >= 0.6 is 0 Å². The lowest BCUT2D eigenvalue weighted by atomic mass is 10.1. The summed E-state index contributed by atoms with van der Waals surface area (Å²) < 4.78 is 5.29. The second-order valence-corrected chi connectivity index (χ2v) is 5.52. The zero-order valence-electron chi connectivity index (χ0n) is 13.2. The zero-order chi connectivity index (χ0) is 17.0. The molecule has 2 rings (SSSR count). The summed E-state index contributed by atoms with van der Waals surface area (Å²) in [6, 6.07) is 5.53. The second kappa shape index (κ2) is 7.13. The molecule has 7 heteroatoms. The van der Waals surface area contributed by atoms with Gasteiger partial charge in [-0.2, -0.15) is 0 Å². The monoisotopic (exact) mass is 320 g/mol. The number of ether oxygens (including phenoxy) is 1. The van der Waals surface area contributed by atoms with Gasteiger partial charge in [0.05, 0.1) is 25.1 Å². The number of carboxylic acid groups (broad SMARTS) is 1. The average Bonchev–Trinajstić information content (AvgIpc) is 2.88. The predicted octanol–water partition coefficient (Wildman–Crippen LogP) is 0.947. The Morgan fingerprint density at radius 3 is 2.83 bits per heavy atom. The maximum Gasteiger partial charge on any atom is 0.305 e. The summed E-state index contributed by atoms with van der Waals surface area (Å²) in [5, 5.41) is 11.1. The van der Waals surface area contributed by atoms with E-state index in [0.717, 1.165) is 5.56 Å². The number of carbonyl (C=O) groups excluding carboxylic acids is 2. The van der Waals surface area contributed by atoms with Crippen LogP contribution in [-0.2, 0) is 14.4 Å². The molecule has 1 fully saturated rings. The summed E-state index contributed by atoms with van der Waals surface area (Å²) in [5.41, 5.74) is 1.64. The molecule has 7 nitrogen and oxygen atoms in total. The van der Waals surface area contributed by atoms with Crippen molar-refractivity contribution >= 4 is 23.5 Å². The molecule has 1 aliphatic heterocycles. The number of nitrogens with one attached hydrogen (secondary N) is 1. The van der Waals surface area contributed by atoms with Crippen molar-refractivity contribution in [3.8, 4) is 5.75 Å². The summed E-state index contributed by atoms with van der Waals surface area (Å²) in [5.74, 6) is -1.32. The number of hydrogen-bond donors (Lipinski definition) is 2. The molecule has 1 aromatic carbocycles. The topological polar surface area (TPSA) is 95.9 Å². The number of amides is 2. The third-order valence-corrected chi connectivity index (χ3v) is 3.76. The van der Waals surface area contributed by atoms with Gasteiger partial charge in [0.2, 0.25) is 11.8 Å². The Labute approximate surface area is 134 Å². The van der Waals surface area contributed by atoms with Crippen molar-refractivity contribution in [1.29, 1.82) is 0 Å². The third kappa shape index (κ3) is 4.00. The molecule has 1 unspecified atom stereocenters. The molecule has 1 saturated heterocycles. The molecule has 2 amide bonds. The Morgan fingerprint density at radius 2 is 2.17 bits per heavy atom. The molecule has 23 heavy (non-hydrogen) atoms. The molecule has 0 spiro atoms. The van der Waals surface area contributed by atoms with E-state index in [1.807, 2.05) is 19.1 Å². The minimum atomic E-state index is -0.973. The van der Waals surface area contributed by atoms with Gasteiger partial charge in [-0.25, -0.2) is 0 Å². The minimum absolute atomic E-state index is 0.0621. The number of methoxy groups -OCH3 is 1. The van der Waals surface area contributed by atoms with Crippen LogP contribution in [0.1, 0.15) is 18.4 Å². The fraction of sp³-hybridized carbons (Fsp3) is 0.438. The highest BCUT2D eigenvalue weighted by Crippen LogP contribution is 2.33. The first-order chi connectivity index (χ1) is 10.9. The van der Waals surface area contributed by atoms with Crippen LogP contribution in [0.3, 0.4) is 0 Å². The minimum Gasteiger partial charge on any atom is -0.495 e. The Hall–Kier alpha value is -2.57. The first-order valence-electron chi connectivity index (χ1n) is 7.37. The van der Waals surface area contributed by atoms with E-state index in [1.165, 1.54) is 7.11 Å². The van der Waals surface area contributed by atoms with Gasteiger partial charge >= 0.3 is 5.97 Å². The normalized spacial score (nSPS) is 17.2. The highest BCUT2D eigenvalue weighted by atomic mass is 16.5.